The Balaban J connectivity index is 1.58. The van der Waals surface area contributed by atoms with E-state index < -0.39 is 0 Å². The van der Waals surface area contributed by atoms with E-state index in [1.807, 2.05) is 31.2 Å². The molecule has 2 bridgehead atoms. The van der Waals surface area contributed by atoms with E-state index in [0.717, 1.165) is 30.2 Å². The molecule has 0 radical (unpaired) electrons. The number of hydrogen-bond acceptors (Lipinski definition) is 3. The molecule has 1 spiro atoms. The van der Waals surface area contributed by atoms with Gasteiger partial charge in [-0.25, -0.2) is 0 Å². The normalized spacial score (nSPS) is 34.9. The van der Waals surface area contributed by atoms with Crippen LogP contribution in [0.5, 0.6) is 5.75 Å². The Morgan fingerprint density at radius 3 is 2.72 bits per heavy atom. The van der Waals surface area contributed by atoms with Crippen LogP contribution in [-0.4, -0.2) is 23.7 Å². The van der Waals surface area contributed by atoms with E-state index in [1.54, 1.807) is 6.07 Å². The summed E-state index contributed by atoms with van der Waals surface area (Å²) < 4.78 is 6.43. The van der Waals surface area contributed by atoms with Gasteiger partial charge in [0.1, 0.15) is 5.75 Å². The average Bonchev–Trinajstić information content (AvgIpc) is 3.21. The summed E-state index contributed by atoms with van der Waals surface area (Å²) in [6.45, 7) is 7.32. The second-order valence-electron chi connectivity index (χ2n) is 9.91. The van der Waals surface area contributed by atoms with Gasteiger partial charge in [0.2, 0.25) is 5.91 Å². The van der Waals surface area contributed by atoms with Crippen LogP contribution in [-0.2, 0) is 9.53 Å². The SMILES string of the molecule is CCC(=O)N[C@H]1C(C)(C)[C@@H]2C[C@@H]3[C@@H](c4ccc(O)c5ccccc45)OCC[C@@]31C2. The van der Waals surface area contributed by atoms with Gasteiger partial charge < -0.3 is 15.2 Å². The molecule has 0 aromatic heterocycles. The third-order valence-corrected chi connectivity index (χ3v) is 8.37. The van der Waals surface area contributed by atoms with Crippen molar-refractivity contribution in [1.29, 1.82) is 0 Å². The number of aromatic hydroxyl groups is 1. The lowest BCUT2D eigenvalue weighted by Crippen LogP contribution is -2.58. The summed E-state index contributed by atoms with van der Waals surface area (Å²) in [7, 11) is 0. The highest BCUT2D eigenvalue weighted by molar-refractivity contribution is 5.91. The molecular formula is C25H31NO3. The molecule has 1 saturated heterocycles. The van der Waals surface area contributed by atoms with Crippen LogP contribution in [0, 0.1) is 22.7 Å². The second-order valence-corrected chi connectivity index (χ2v) is 9.91. The zero-order valence-corrected chi connectivity index (χ0v) is 17.6. The second kappa shape index (κ2) is 6.46. The lowest BCUT2D eigenvalue weighted by atomic mass is 9.58. The molecule has 2 aromatic rings. The van der Waals surface area contributed by atoms with E-state index >= 15 is 0 Å². The molecule has 0 unspecified atom stereocenters. The van der Waals surface area contributed by atoms with Crippen molar-refractivity contribution in [2.75, 3.05) is 6.61 Å². The number of carbonyl (C=O) groups excluding carboxylic acids is 1. The number of fused-ring (bicyclic) bond motifs is 2. The summed E-state index contributed by atoms with van der Waals surface area (Å²) in [5.41, 5.74) is 1.38. The molecule has 2 saturated carbocycles. The van der Waals surface area contributed by atoms with Gasteiger partial charge in [-0.15, -0.1) is 0 Å². The maximum absolute atomic E-state index is 12.4. The Morgan fingerprint density at radius 1 is 1.21 bits per heavy atom. The summed E-state index contributed by atoms with van der Waals surface area (Å²) in [4.78, 5) is 12.4. The molecule has 29 heavy (non-hydrogen) atoms. The standard InChI is InChI=1S/C25H31NO3/c1-4-21(28)26-23-24(2,3)15-13-19-22(29-12-11-25(19,23)14-15)18-9-10-20(27)17-8-6-5-7-16(17)18/h5-10,15,19,22-23,27H,4,11-14H2,1-3H3,(H,26,28)/t15-,19-,22-,23+,25-/m1/s1. The summed E-state index contributed by atoms with van der Waals surface area (Å²) in [5, 5.41) is 15.7. The Bertz CT molecular complexity index is 968. The zero-order chi connectivity index (χ0) is 20.4. The first-order valence-electron chi connectivity index (χ1n) is 11.0. The fraction of sp³-hybridized carbons (Fsp3) is 0.560. The van der Waals surface area contributed by atoms with Gasteiger partial charge in [-0.05, 0) is 58.9 Å². The summed E-state index contributed by atoms with van der Waals surface area (Å²) >= 11 is 0. The van der Waals surface area contributed by atoms with E-state index in [1.165, 1.54) is 12.0 Å². The molecule has 3 aliphatic rings. The van der Waals surface area contributed by atoms with Crippen molar-refractivity contribution in [3.8, 4) is 5.75 Å². The van der Waals surface area contributed by atoms with Gasteiger partial charge in [-0.3, -0.25) is 4.79 Å². The monoisotopic (exact) mass is 393 g/mol. The molecule has 2 aromatic carbocycles. The highest BCUT2D eigenvalue weighted by Gasteiger charge is 2.68. The largest absolute Gasteiger partial charge is 0.507 e. The van der Waals surface area contributed by atoms with E-state index in [-0.39, 0.29) is 28.9 Å². The van der Waals surface area contributed by atoms with Crippen LogP contribution >= 0.6 is 0 Å². The van der Waals surface area contributed by atoms with Crippen molar-refractivity contribution in [3.05, 3.63) is 42.0 Å². The van der Waals surface area contributed by atoms with Crippen molar-refractivity contribution >= 4 is 16.7 Å². The van der Waals surface area contributed by atoms with Gasteiger partial charge in [0, 0.05) is 24.5 Å². The molecule has 154 valence electrons. The number of nitrogens with one attached hydrogen (secondary N) is 1. The molecule has 2 aliphatic carbocycles. The minimum absolute atomic E-state index is 0.0105. The summed E-state index contributed by atoms with van der Waals surface area (Å²) in [5.74, 6) is 1.46. The van der Waals surface area contributed by atoms with Gasteiger partial charge in [0.15, 0.2) is 0 Å². The van der Waals surface area contributed by atoms with E-state index in [4.69, 9.17) is 4.74 Å². The van der Waals surface area contributed by atoms with Gasteiger partial charge in [-0.1, -0.05) is 51.1 Å². The summed E-state index contributed by atoms with van der Waals surface area (Å²) in [6, 6.07) is 12.1. The predicted octanol–water partition coefficient (Wildman–Crippen LogP) is 4.95. The highest BCUT2D eigenvalue weighted by atomic mass is 16.5. The maximum Gasteiger partial charge on any atom is 0.219 e. The Hall–Kier alpha value is -2.07. The van der Waals surface area contributed by atoms with Gasteiger partial charge >= 0.3 is 0 Å². The number of phenols is 1. The Morgan fingerprint density at radius 2 is 1.97 bits per heavy atom. The molecule has 1 aliphatic heterocycles. The van der Waals surface area contributed by atoms with Crippen LogP contribution in [0.25, 0.3) is 10.8 Å². The van der Waals surface area contributed by atoms with Crippen LogP contribution in [0.1, 0.15) is 58.1 Å². The Kier molecular flexibility index (Phi) is 4.22. The first kappa shape index (κ1) is 18.9. The van der Waals surface area contributed by atoms with Crippen LogP contribution in [0.3, 0.4) is 0 Å². The quantitative estimate of drug-likeness (QED) is 0.775. The highest BCUT2D eigenvalue weighted by Crippen LogP contribution is 2.70. The molecular weight excluding hydrogens is 362 g/mol. The third kappa shape index (κ3) is 2.58. The summed E-state index contributed by atoms with van der Waals surface area (Å²) in [6.07, 6.45) is 3.87. The van der Waals surface area contributed by atoms with Gasteiger partial charge in [0.25, 0.3) is 0 Å². The van der Waals surface area contributed by atoms with Crippen molar-refractivity contribution in [3.63, 3.8) is 0 Å². The van der Waals surface area contributed by atoms with Crippen molar-refractivity contribution in [2.24, 2.45) is 22.7 Å². The minimum atomic E-state index is 0.0105. The molecule has 5 atom stereocenters. The van der Waals surface area contributed by atoms with Crippen LogP contribution in [0.4, 0.5) is 0 Å². The molecule has 2 N–H and O–H groups in total. The first-order chi connectivity index (χ1) is 13.9. The number of hydrogen-bond donors (Lipinski definition) is 2. The van der Waals surface area contributed by atoms with Gasteiger partial charge in [-0.2, -0.15) is 0 Å². The smallest absolute Gasteiger partial charge is 0.219 e. The molecule has 5 rings (SSSR count). The van der Waals surface area contributed by atoms with Crippen LogP contribution < -0.4 is 5.32 Å². The molecule has 4 nitrogen and oxygen atoms in total. The predicted molar refractivity (Wildman–Crippen MR) is 114 cm³/mol. The van der Waals surface area contributed by atoms with Crippen molar-refractivity contribution < 1.29 is 14.6 Å². The fourth-order valence-corrected chi connectivity index (χ4v) is 6.91. The number of phenolic OH excluding ortho intramolecular Hbond substituents is 1. The zero-order valence-electron chi connectivity index (χ0n) is 17.6. The maximum atomic E-state index is 12.4. The van der Waals surface area contributed by atoms with E-state index in [9.17, 15) is 9.90 Å². The lowest BCUT2D eigenvalue weighted by Gasteiger charge is -2.53. The van der Waals surface area contributed by atoms with Crippen LogP contribution in [0.2, 0.25) is 0 Å². The van der Waals surface area contributed by atoms with E-state index in [0.29, 0.717) is 24.0 Å². The van der Waals surface area contributed by atoms with Crippen molar-refractivity contribution in [1.82, 2.24) is 5.32 Å². The number of carbonyl (C=O) groups is 1. The number of amides is 1. The third-order valence-electron chi connectivity index (χ3n) is 8.37. The Labute approximate surface area is 172 Å². The van der Waals surface area contributed by atoms with Crippen molar-refractivity contribution in [2.45, 2.75) is 58.6 Å². The minimum Gasteiger partial charge on any atom is -0.507 e. The first-order valence-corrected chi connectivity index (χ1v) is 11.0. The fourth-order valence-electron chi connectivity index (χ4n) is 6.91. The topological polar surface area (TPSA) is 58.6 Å². The molecule has 4 heteroatoms. The molecule has 3 fully saturated rings. The number of benzene rings is 2. The number of rotatable bonds is 3. The molecule has 1 heterocycles. The molecule has 1 amide bonds. The lowest BCUT2D eigenvalue weighted by molar-refractivity contribution is -0.136. The van der Waals surface area contributed by atoms with E-state index in [2.05, 4.69) is 25.2 Å². The van der Waals surface area contributed by atoms with Crippen LogP contribution in [0.15, 0.2) is 36.4 Å². The average molecular weight is 394 g/mol. The number of ether oxygens (including phenoxy) is 1. The van der Waals surface area contributed by atoms with Gasteiger partial charge in [0.05, 0.1) is 6.10 Å².